The van der Waals surface area contributed by atoms with E-state index in [1.807, 2.05) is 65.8 Å². The van der Waals surface area contributed by atoms with Gasteiger partial charge in [-0.15, -0.1) is 23.2 Å². The van der Waals surface area contributed by atoms with Crippen molar-refractivity contribution in [1.29, 1.82) is 0 Å². The molecule has 1 aromatic rings. The van der Waals surface area contributed by atoms with E-state index < -0.39 is 60.7 Å². The number of nitrogens with two attached hydrogens (primary N) is 1. The molecular weight excluding hydrogens is 948 g/mol. The number of benzene rings is 1. The monoisotopic (exact) mass is 1030 g/mol. The van der Waals surface area contributed by atoms with Gasteiger partial charge >= 0.3 is 18.2 Å². The van der Waals surface area contributed by atoms with E-state index in [0.717, 1.165) is 44.1 Å². The summed E-state index contributed by atoms with van der Waals surface area (Å²) in [6.45, 7) is 21.6. The first kappa shape index (κ1) is 60.1. The minimum atomic E-state index is -0.894. The molecule has 3 aliphatic carbocycles. The van der Waals surface area contributed by atoms with Crippen molar-refractivity contribution in [2.75, 3.05) is 24.8 Å². The van der Waals surface area contributed by atoms with Gasteiger partial charge in [-0.3, -0.25) is 4.79 Å². The molecule has 1 heterocycles. The molecule has 1 aliphatic heterocycles. The summed E-state index contributed by atoms with van der Waals surface area (Å²) in [6.07, 6.45) is 12.0. The molecule has 15 heteroatoms. The van der Waals surface area contributed by atoms with Crippen molar-refractivity contribution in [2.24, 2.45) is 64.4 Å². The second-order valence-electron chi connectivity index (χ2n) is 21.6. The summed E-state index contributed by atoms with van der Waals surface area (Å²) in [5.41, 5.74) is 9.13. The Kier molecular flexibility index (Phi) is 23.5. The molecule has 4 aliphatic rings. The Bertz CT molecular complexity index is 1990. The molecule has 0 bridgehead atoms. The second-order valence-corrected chi connectivity index (χ2v) is 22.3. The minimum Gasteiger partial charge on any atom is -0.462 e. The number of aliphatic hydroxyl groups is 5. The Balaban J connectivity index is 0.000000327. The summed E-state index contributed by atoms with van der Waals surface area (Å²) in [5.74, 6) is 0.637. The van der Waals surface area contributed by atoms with Crippen LogP contribution < -0.4 is 10.5 Å². The van der Waals surface area contributed by atoms with Crippen LogP contribution in [0.3, 0.4) is 0 Å². The highest BCUT2D eigenvalue weighted by molar-refractivity contribution is 6.18. The first-order chi connectivity index (χ1) is 33.5. The number of primary amides is 1. The topological polar surface area (TPSA) is 209 Å². The lowest BCUT2D eigenvalue weighted by Gasteiger charge is -2.50. The first-order valence-electron chi connectivity index (χ1n) is 25.9. The quantitative estimate of drug-likeness (QED) is 0.0296. The van der Waals surface area contributed by atoms with Crippen LogP contribution in [0.5, 0.6) is 5.75 Å². The zero-order valence-electron chi connectivity index (χ0n) is 43.7. The standard InChI is InChI=1S/C33H55NO8.C23H31Cl2NO3/c1-10-11-12-20(4)31(42-33(34)40)24(8)29(37)22(6)16-18(2)15-21(5)28(36)19(3)13-14-26(35)17-27-23(7)30(38)25(9)32(39)41-27;1-23-9-8-18-17-5-3-16(29-22(28)26(12-10-24)13-11-25)14-15(17)2-4-19(18)20(23)6-7-21(23)27/h10-15,19-31,35-38H,1,16-17H2,2-9H3,(H2,34,40);3,5,14,18-21,27H,2,4,6-13H2,1H3/b12-11-,14-13-,18-15-;/t19-,20-,21-,22-,23-,24-,25+,26+,27-,28-,29+,30-,31-;18-,19-,20+,21+,23+/m01/s1. The molecule has 71 heavy (non-hydrogen) atoms. The molecule has 0 spiro atoms. The molecular formula is C56H86Cl2N2O11. The van der Waals surface area contributed by atoms with Crippen LogP contribution in [-0.2, 0) is 20.7 Å². The summed E-state index contributed by atoms with van der Waals surface area (Å²) in [7, 11) is 0. The summed E-state index contributed by atoms with van der Waals surface area (Å²) in [5, 5.41) is 53.3. The predicted octanol–water partition coefficient (Wildman–Crippen LogP) is 9.48. The average molecular weight is 1030 g/mol. The van der Waals surface area contributed by atoms with Gasteiger partial charge in [0.05, 0.1) is 36.4 Å². The number of alkyl halides is 2. The molecule has 2 saturated carbocycles. The number of nitrogens with zero attached hydrogens (tertiary/aromatic N) is 1. The summed E-state index contributed by atoms with van der Waals surface area (Å²) >= 11 is 11.6. The van der Waals surface area contributed by atoms with Gasteiger partial charge < -0.3 is 50.4 Å². The number of aliphatic hydroxyl groups excluding tert-OH is 5. The number of carbonyl (C=O) groups excluding carboxylic acids is 3. The molecule has 3 fully saturated rings. The van der Waals surface area contributed by atoms with Gasteiger partial charge in [0.1, 0.15) is 18.0 Å². The van der Waals surface area contributed by atoms with Crippen LogP contribution in [0.15, 0.2) is 66.8 Å². The van der Waals surface area contributed by atoms with Crippen molar-refractivity contribution in [3.63, 3.8) is 0 Å². The fourth-order valence-electron chi connectivity index (χ4n) is 12.1. The zero-order valence-corrected chi connectivity index (χ0v) is 45.2. The highest BCUT2D eigenvalue weighted by Crippen LogP contribution is 2.61. The van der Waals surface area contributed by atoms with Gasteiger partial charge in [0.25, 0.3) is 0 Å². The molecule has 18 atom stereocenters. The van der Waals surface area contributed by atoms with E-state index in [2.05, 4.69) is 19.6 Å². The molecule has 400 valence electrons. The van der Waals surface area contributed by atoms with E-state index in [1.165, 1.54) is 11.1 Å². The molecule has 1 aromatic carbocycles. The number of amides is 2. The number of aryl methyl sites for hydroxylation is 1. The van der Waals surface area contributed by atoms with Gasteiger partial charge in [-0.25, -0.2) is 9.59 Å². The fourth-order valence-corrected chi connectivity index (χ4v) is 12.5. The van der Waals surface area contributed by atoms with E-state index in [1.54, 1.807) is 43.1 Å². The number of cyclic esters (lactones) is 1. The number of allylic oxidation sites excluding steroid dienone is 3. The van der Waals surface area contributed by atoms with Crippen molar-refractivity contribution in [2.45, 2.75) is 162 Å². The number of fused-ring (bicyclic) bond motifs is 5. The highest BCUT2D eigenvalue weighted by Gasteiger charge is 2.54. The third kappa shape index (κ3) is 15.8. The first-order valence-corrected chi connectivity index (χ1v) is 27.0. The maximum absolute atomic E-state index is 12.4. The molecule has 0 radical (unpaired) electrons. The minimum absolute atomic E-state index is 0.0996. The van der Waals surface area contributed by atoms with Crippen molar-refractivity contribution < 1.29 is 54.1 Å². The van der Waals surface area contributed by atoms with Crippen LogP contribution in [0.4, 0.5) is 9.59 Å². The average Bonchev–Trinajstić information content (AvgIpc) is 3.64. The molecule has 2 amide bonds. The molecule has 7 N–H and O–H groups in total. The van der Waals surface area contributed by atoms with Crippen molar-refractivity contribution in [1.82, 2.24) is 4.90 Å². The number of rotatable bonds is 21. The third-order valence-electron chi connectivity index (χ3n) is 16.4. The van der Waals surface area contributed by atoms with E-state index in [-0.39, 0.29) is 53.4 Å². The zero-order chi connectivity index (χ0) is 52.9. The van der Waals surface area contributed by atoms with Crippen LogP contribution in [0.2, 0.25) is 0 Å². The lowest BCUT2D eigenvalue weighted by atomic mass is 9.55. The van der Waals surface area contributed by atoms with Crippen molar-refractivity contribution >= 4 is 41.4 Å². The SMILES string of the molecule is C=C/C=C\[C@H](C)[C@H](OC(N)=O)[C@@H](C)[C@H](O)[C@@H](C)C/C(C)=C\[C@H](C)[C@@H](O)[C@@H](C)/C=C\[C@@H](O)C[C@@H]1OC(=O)[C@H](C)[C@@H](O)[C@H]1C.C[C@]12CC[C@@H]3c4ccc(OC(=O)N(CCCl)CCCl)cc4CC[C@H]3[C@@H]1CC[C@@H]2O. The smallest absolute Gasteiger partial charge is 0.415 e. The maximum atomic E-state index is 12.4. The van der Waals surface area contributed by atoms with Crippen LogP contribution in [0.1, 0.15) is 124 Å². The van der Waals surface area contributed by atoms with Crippen LogP contribution in [0.25, 0.3) is 0 Å². The highest BCUT2D eigenvalue weighted by atomic mass is 35.5. The molecule has 0 aromatic heterocycles. The van der Waals surface area contributed by atoms with E-state index in [0.29, 0.717) is 54.8 Å². The number of carbonyl (C=O) groups is 3. The predicted molar refractivity (Wildman–Crippen MR) is 280 cm³/mol. The van der Waals surface area contributed by atoms with Crippen LogP contribution in [0, 0.1) is 58.7 Å². The number of ether oxygens (including phenoxy) is 3. The Morgan fingerprint density at radius 1 is 0.958 bits per heavy atom. The van der Waals surface area contributed by atoms with Crippen LogP contribution >= 0.6 is 23.2 Å². The Morgan fingerprint density at radius 2 is 1.63 bits per heavy atom. The van der Waals surface area contributed by atoms with Crippen molar-refractivity contribution in [3.05, 3.63) is 77.9 Å². The lowest BCUT2D eigenvalue weighted by Crippen LogP contribution is -2.47. The Morgan fingerprint density at radius 3 is 2.27 bits per heavy atom. The summed E-state index contributed by atoms with van der Waals surface area (Å²) in [4.78, 5) is 37.5. The maximum Gasteiger partial charge on any atom is 0.415 e. The number of halogens is 2. The number of hydrogen-bond acceptors (Lipinski definition) is 11. The van der Waals surface area contributed by atoms with E-state index in [9.17, 15) is 39.9 Å². The molecule has 13 nitrogen and oxygen atoms in total. The van der Waals surface area contributed by atoms with Gasteiger partial charge in [-0.05, 0) is 111 Å². The number of hydrogen-bond donors (Lipinski definition) is 6. The molecule has 5 rings (SSSR count). The van der Waals surface area contributed by atoms with Gasteiger partial charge in [0.15, 0.2) is 0 Å². The van der Waals surface area contributed by atoms with Gasteiger partial charge in [-0.2, -0.15) is 0 Å². The largest absolute Gasteiger partial charge is 0.462 e. The number of esters is 1. The summed E-state index contributed by atoms with van der Waals surface area (Å²) in [6, 6.07) is 6.13. The van der Waals surface area contributed by atoms with Crippen LogP contribution in [-0.4, -0.2) is 116 Å². The van der Waals surface area contributed by atoms with Gasteiger partial charge in [0, 0.05) is 60.9 Å². The third-order valence-corrected chi connectivity index (χ3v) is 16.8. The Hall–Kier alpha value is -3.43. The van der Waals surface area contributed by atoms with Gasteiger partial charge in [-0.1, -0.05) is 103 Å². The molecule has 1 saturated heterocycles. The van der Waals surface area contributed by atoms with E-state index >= 15 is 0 Å². The van der Waals surface area contributed by atoms with Crippen molar-refractivity contribution in [3.8, 4) is 5.75 Å². The molecule has 0 unspecified atom stereocenters. The lowest BCUT2D eigenvalue weighted by molar-refractivity contribution is -0.179. The van der Waals surface area contributed by atoms with Gasteiger partial charge in [0.2, 0.25) is 0 Å². The normalized spacial score (nSPS) is 30.1. The second kappa shape index (κ2) is 27.7. The van der Waals surface area contributed by atoms with E-state index in [4.69, 9.17) is 43.1 Å². The fraction of sp³-hybridized carbons (Fsp3) is 0.696. The summed E-state index contributed by atoms with van der Waals surface area (Å²) < 4.78 is 16.4. The Labute approximate surface area is 433 Å².